The monoisotopic (exact) mass is 356 g/mol. The van der Waals surface area contributed by atoms with Crippen molar-refractivity contribution in [2.75, 3.05) is 4.90 Å². The van der Waals surface area contributed by atoms with Crippen LogP contribution in [0, 0.1) is 0 Å². The van der Waals surface area contributed by atoms with Gasteiger partial charge in [-0.3, -0.25) is 9.59 Å². The van der Waals surface area contributed by atoms with Crippen LogP contribution in [0.15, 0.2) is 72.2 Å². The van der Waals surface area contributed by atoms with Crippen LogP contribution in [0.25, 0.3) is 21.9 Å². The van der Waals surface area contributed by atoms with Gasteiger partial charge in [-0.2, -0.15) is 0 Å². The minimum absolute atomic E-state index is 0.315. The summed E-state index contributed by atoms with van der Waals surface area (Å²) in [7, 11) is 0. The third-order valence-electron chi connectivity index (χ3n) is 4.57. The van der Waals surface area contributed by atoms with Gasteiger partial charge in [0.15, 0.2) is 5.13 Å². The number of fused-ring (bicyclic) bond motifs is 2. The number of anilines is 1. The first-order chi connectivity index (χ1) is 12.8. The highest BCUT2D eigenvalue weighted by Crippen LogP contribution is 2.40. The minimum Gasteiger partial charge on any atom is -0.268 e. The SMILES string of the molecule is O=C1c2cc3ccccc3c(-c3ccccc3)c2C(=O)N1c1nccs1. The third kappa shape index (κ3) is 2.04. The number of thiazole rings is 1. The maximum Gasteiger partial charge on any atom is 0.268 e. The van der Waals surface area contributed by atoms with Gasteiger partial charge in [0.1, 0.15) is 0 Å². The molecule has 0 aliphatic carbocycles. The van der Waals surface area contributed by atoms with Crippen molar-refractivity contribution in [2.45, 2.75) is 0 Å². The van der Waals surface area contributed by atoms with E-state index in [4.69, 9.17) is 0 Å². The number of hydrogen-bond acceptors (Lipinski definition) is 4. The summed E-state index contributed by atoms with van der Waals surface area (Å²) in [6, 6.07) is 19.4. The Morgan fingerprint density at radius 1 is 0.846 bits per heavy atom. The zero-order valence-electron chi connectivity index (χ0n) is 13.5. The average Bonchev–Trinajstić information content (AvgIpc) is 3.28. The maximum absolute atomic E-state index is 13.2. The Bertz CT molecular complexity index is 1170. The fourth-order valence-corrected chi connectivity index (χ4v) is 4.10. The van der Waals surface area contributed by atoms with Crippen LogP contribution < -0.4 is 4.90 Å². The van der Waals surface area contributed by atoms with Crippen LogP contribution in [-0.2, 0) is 0 Å². The van der Waals surface area contributed by atoms with Crippen LogP contribution >= 0.6 is 11.3 Å². The van der Waals surface area contributed by atoms with Crippen molar-refractivity contribution in [3.8, 4) is 11.1 Å². The standard InChI is InChI=1S/C21H12N2O2S/c24-19-16-12-14-8-4-5-9-15(14)17(13-6-2-1-3-7-13)18(16)20(25)23(19)21-22-10-11-26-21/h1-12H. The second-order valence-electron chi connectivity index (χ2n) is 6.02. The molecule has 0 saturated heterocycles. The molecule has 3 aromatic carbocycles. The molecule has 2 amide bonds. The number of aromatic nitrogens is 1. The molecule has 5 rings (SSSR count). The topological polar surface area (TPSA) is 50.3 Å². The summed E-state index contributed by atoms with van der Waals surface area (Å²) in [5.74, 6) is -0.632. The van der Waals surface area contributed by atoms with Crippen molar-refractivity contribution in [2.24, 2.45) is 0 Å². The summed E-state index contributed by atoms with van der Waals surface area (Å²) in [6.07, 6.45) is 1.60. The van der Waals surface area contributed by atoms with Crippen LogP contribution in [0.3, 0.4) is 0 Å². The van der Waals surface area contributed by atoms with Gasteiger partial charge in [0.05, 0.1) is 11.1 Å². The molecule has 0 fully saturated rings. The highest BCUT2D eigenvalue weighted by Gasteiger charge is 2.40. The van der Waals surface area contributed by atoms with E-state index in [0.717, 1.165) is 21.9 Å². The van der Waals surface area contributed by atoms with Gasteiger partial charge in [-0.25, -0.2) is 9.88 Å². The summed E-state index contributed by atoms with van der Waals surface area (Å²) >= 11 is 1.28. The van der Waals surface area contributed by atoms with E-state index >= 15 is 0 Å². The van der Waals surface area contributed by atoms with Gasteiger partial charge in [0.25, 0.3) is 11.8 Å². The first kappa shape index (κ1) is 15.0. The molecular weight excluding hydrogens is 344 g/mol. The van der Waals surface area contributed by atoms with Crippen molar-refractivity contribution in [3.05, 3.63) is 83.4 Å². The van der Waals surface area contributed by atoms with Crippen LogP contribution in [0.1, 0.15) is 20.7 Å². The van der Waals surface area contributed by atoms with E-state index in [1.165, 1.54) is 16.2 Å². The van der Waals surface area contributed by atoms with E-state index in [2.05, 4.69) is 4.98 Å². The molecule has 26 heavy (non-hydrogen) atoms. The van der Waals surface area contributed by atoms with Crippen molar-refractivity contribution < 1.29 is 9.59 Å². The number of nitrogens with zero attached hydrogens (tertiary/aromatic N) is 2. The highest BCUT2D eigenvalue weighted by atomic mass is 32.1. The summed E-state index contributed by atoms with van der Waals surface area (Å²) in [4.78, 5) is 31.6. The number of carbonyl (C=O) groups excluding carboxylic acids is 2. The van der Waals surface area contributed by atoms with Crippen molar-refractivity contribution in [1.29, 1.82) is 0 Å². The maximum atomic E-state index is 13.2. The zero-order chi connectivity index (χ0) is 17.7. The predicted molar refractivity (Wildman–Crippen MR) is 103 cm³/mol. The first-order valence-corrected chi connectivity index (χ1v) is 9.03. The van der Waals surface area contributed by atoms with E-state index in [1.54, 1.807) is 11.6 Å². The number of hydrogen-bond donors (Lipinski definition) is 0. The number of amides is 2. The largest absolute Gasteiger partial charge is 0.268 e. The lowest BCUT2D eigenvalue weighted by Gasteiger charge is -2.12. The summed E-state index contributed by atoms with van der Waals surface area (Å²) in [5.41, 5.74) is 2.61. The van der Waals surface area contributed by atoms with Gasteiger partial charge in [-0.1, -0.05) is 54.6 Å². The predicted octanol–water partition coefficient (Wildman–Crippen LogP) is 4.76. The molecule has 2 heterocycles. The average molecular weight is 356 g/mol. The fourth-order valence-electron chi connectivity index (χ4n) is 3.47. The summed E-state index contributed by atoms with van der Waals surface area (Å²) in [5, 5.41) is 4.05. The Kier molecular flexibility index (Phi) is 3.23. The zero-order valence-corrected chi connectivity index (χ0v) is 14.4. The molecule has 1 aliphatic rings. The van der Waals surface area contributed by atoms with Crippen LogP contribution in [0.4, 0.5) is 5.13 Å². The van der Waals surface area contributed by atoms with Gasteiger partial charge in [-0.15, -0.1) is 11.3 Å². The van der Waals surface area contributed by atoms with Gasteiger partial charge in [-0.05, 0) is 22.4 Å². The van der Waals surface area contributed by atoms with Crippen molar-refractivity contribution >= 4 is 39.1 Å². The van der Waals surface area contributed by atoms with Crippen molar-refractivity contribution in [1.82, 2.24) is 4.98 Å². The number of carbonyl (C=O) groups is 2. The molecule has 0 radical (unpaired) electrons. The molecule has 124 valence electrons. The van der Waals surface area contributed by atoms with Gasteiger partial charge >= 0.3 is 0 Å². The Morgan fingerprint density at radius 2 is 1.62 bits per heavy atom. The van der Waals surface area contributed by atoms with Crippen LogP contribution in [-0.4, -0.2) is 16.8 Å². The smallest absolute Gasteiger partial charge is 0.268 e. The molecule has 1 aliphatic heterocycles. The van der Waals surface area contributed by atoms with E-state index in [9.17, 15) is 9.59 Å². The van der Waals surface area contributed by atoms with E-state index in [-0.39, 0.29) is 11.8 Å². The van der Waals surface area contributed by atoms with Crippen LogP contribution in [0.5, 0.6) is 0 Å². The number of rotatable bonds is 2. The summed E-state index contributed by atoms with van der Waals surface area (Å²) < 4.78 is 0. The molecule has 0 atom stereocenters. The molecule has 4 aromatic rings. The highest BCUT2D eigenvalue weighted by molar-refractivity contribution is 7.14. The second-order valence-corrected chi connectivity index (χ2v) is 6.89. The Morgan fingerprint density at radius 3 is 2.38 bits per heavy atom. The Balaban J connectivity index is 1.86. The summed E-state index contributed by atoms with van der Waals surface area (Å²) in [6.45, 7) is 0. The molecule has 0 saturated carbocycles. The third-order valence-corrected chi connectivity index (χ3v) is 5.33. The van der Waals surface area contributed by atoms with E-state index in [0.29, 0.717) is 16.3 Å². The molecule has 0 spiro atoms. The molecular formula is C21H12N2O2S. The molecule has 5 heteroatoms. The van der Waals surface area contributed by atoms with Gasteiger partial charge in [0.2, 0.25) is 0 Å². The minimum atomic E-state index is -0.317. The molecule has 4 nitrogen and oxygen atoms in total. The molecule has 1 aromatic heterocycles. The Labute approximate surface area is 153 Å². The van der Waals surface area contributed by atoms with E-state index < -0.39 is 0 Å². The normalized spacial score (nSPS) is 13.5. The number of benzene rings is 3. The second kappa shape index (κ2) is 5.61. The molecule has 0 bridgehead atoms. The quantitative estimate of drug-likeness (QED) is 0.486. The van der Waals surface area contributed by atoms with Gasteiger partial charge < -0.3 is 0 Å². The molecule has 0 N–H and O–H groups in total. The van der Waals surface area contributed by atoms with E-state index in [1.807, 2.05) is 60.7 Å². The fraction of sp³-hybridized carbons (Fsp3) is 0. The van der Waals surface area contributed by atoms with Crippen LogP contribution in [0.2, 0.25) is 0 Å². The molecule has 0 unspecified atom stereocenters. The first-order valence-electron chi connectivity index (χ1n) is 8.15. The Hall–Kier alpha value is -3.31. The lowest BCUT2D eigenvalue weighted by Crippen LogP contribution is -2.29. The lowest BCUT2D eigenvalue weighted by molar-refractivity contribution is 0.0926. The van der Waals surface area contributed by atoms with Crippen molar-refractivity contribution in [3.63, 3.8) is 0 Å². The van der Waals surface area contributed by atoms with Gasteiger partial charge in [0, 0.05) is 17.1 Å². The number of imide groups is 1. The lowest BCUT2D eigenvalue weighted by atomic mass is 9.90.